The summed E-state index contributed by atoms with van der Waals surface area (Å²) in [5.74, 6) is 0.0550. The predicted octanol–water partition coefficient (Wildman–Crippen LogP) is 4.91. The second kappa shape index (κ2) is 8.60. The Bertz CT molecular complexity index is 939. The van der Waals surface area contributed by atoms with E-state index in [0.29, 0.717) is 18.7 Å². The number of amides is 1. The number of hydrogen-bond donors (Lipinski definition) is 2. The third-order valence-corrected chi connectivity index (χ3v) is 4.85. The molecule has 8 heteroatoms. The van der Waals surface area contributed by atoms with Crippen LogP contribution in [0, 0.1) is 0 Å². The third-order valence-electron chi connectivity index (χ3n) is 4.11. The Morgan fingerprint density at radius 3 is 2.61 bits per heavy atom. The highest BCUT2D eigenvalue weighted by Gasteiger charge is 2.29. The molecule has 0 aliphatic rings. The molecule has 0 radical (unpaired) electrons. The van der Waals surface area contributed by atoms with Crippen molar-refractivity contribution in [2.75, 3.05) is 6.54 Å². The number of halogens is 3. The lowest BCUT2D eigenvalue weighted by atomic mass is 10.1. The standard InChI is InChI=1S/C20H19F3N2O2S/c1-13(27-15-6-8-16(9-7-15)28-20(21,22)23)19(26)24-11-10-14-12-25-18-5-3-2-4-17(14)18/h2-9,12-13,25H,10-11H2,1H3,(H,24,26). The van der Waals surface area contributed by atoms with Crippen LogP contribution in [0.5, 0.6) is 5.75 Å². The predicted molar refractivity (Wildman–Crippen MR) is 103 cm³/mol. The number of rotatable bonds is 7. The normalized spacial score (nSPS) is 12.7. The minimum atomic E-state index is -4.33. The average molecular weight is 408 g/mol. The molecule has 1 aromatic heterocycles. The molecule has 3 rings (SSSR count). The quantitative estimate of drug-likeness (QED) is 0.547. The summed E-state index contributed by atoms with van der Waals surface area (Å²) in [5.41, 5.74) is -2.17. The number of aromatic nitrogens is 1. The SMILES string of the molecule is CC(Oc1ccc(SC(F)(F)F)cc1)C(=O)NCCc1c[nH]c2ccccc12. The summed E-state index contributed by atoms with van der Waals surface area (Å²) in [4.78, 5) is 15.5. The van der Waals surface area contributed by atoms with Crippen molar-refractivity contribution in [3.05, 3.63) is 60.3 Å². The third kappa shape index (κ3) is 5.45. The van der Waals surface area contributed by atoms with Crippen LogP contribution in [0.4, 0.5) is 13.2 Å². The van der Waals surface area contributed by atoms with Crippen LogP contribution in [0.2, 0.25) is 0 Å². The first-order chi connectivity index (χ1) is 13.3. The fraction of sp³-hybridized carbons (Fsp3) is 0.250. The van der Waals surface area contributed by atoms with Gasteiger partial charge in [-0.05, 0) is 61.0 Å². The van der Waals surface area contributed by atoms with Crippen molar-refractivity contribution < 1.29 is 22.7 Å². The molecule has 2 aromatic carbocycles. The Balaban J connectivity index is 1.48. The Morgan fingerprint density at radius 1 is 1.18 bits per heavy atom. The van der Waals surface area contributed by atoms with Gasteiger partial charge in [0.25, 0.3) is 5.91 Å². The van der Waals surface area contributed by atoms with Gasteiger partial charge in [0, 0.05) is 28.5 Å². The topological polar surface area (TPSA) is 54.1 Å². The van der Waals surface area contributed by atoms with E-state index in [2.05, 4.69) is 10.3 Å². The van der Waals surface area contributed by atoms with Gasteiger partial charge in [0.15, 0.2) is 6.10 Å². The average Bonchev–Trinajstić information content (AvgIpc) is 3.05. The smallest absolute Gasteiger partial charge is 0.446 e. The lowest BCUT2D eigenvalue weighted by molar-refractivity contribution is -0.127. The number of nitrogens with one attached hydrogen (secondary N) is 2. The van der Waals surface area contributed by atoms with E-state index in [4.69, 9.17) is 4.74 Å². The molecule has 0 aliphatic heterocycles. The summed E-state index contributed by atoms with van der Waals surface area (Å²) < 4.78 is 42.5. The van der Waals surface area contributed by atoms with Gasteiger partial charge in [-0.2, -0.15) is 13.2 Å². The maximum absolute atomic E-state index is 12.3. The molecule has 0 saturated heterocycles. The highest BCUT2D eigenvalue weighted by atomic mass is 32.2. The number of carbonyl (C=O) groups is 1. The molecule has 1 amide bonds. The molecular formula is C20H19F3N2O2S. The molecule has 0 saturated carbocycles. The molecule has 0 spiro atoms. The first kappa shape index (κ1) is 20.1. The number of benzene rings is 2. The molecular weight excluding hydrogens is 389 g/mol. The summed E-state index contributed by atoms with van der Waals surface area (Å²) in [6.07, 6.45) is 1.84. The van der Waals surface area contributed by atoms with Crippen molar-refractivity contribution in [3.63, 3.8) is 0 Å². The molecule has 28 heavy (non-hydrogen) atoms. The maximum atomic E-state index is 12.3. The summed E-state index contributed by atoms with van der Waals surface area (Å²) in [6.45, 7) is 2.05. The highest BCUT2D eigenvalue weighted by molar-refractivity contribution is 8.00. The van der Waals surface area contributed by atoms with Crippen molar-refractivity contribution in [1.29, 1.82) is 0 Å². The van der Waals surface area contributed by atoms with Gasteiger partial charge in [-0.25, -0.2) is 0 Å². The van der Waals surface area contributed by atoms with Crippen LogP contribution in [-0.2, 0) is 11.2 Å². The van der Waals surface area contributed by atoms with Crippen LogP contribution in [0.25, 0.3) is 10.9 Å². The van der Waals surface area contributed by atoms with Crippen molar-refractivity contribution in [2.24, 2.45) is 0 Å². The van der Waals surface area contributed by atoms with Crippen LogP contribution in [0.1, 0.15) is 12.5 Å². The van der Waals surface area contributed by atoms with E-state index in [-0.39, 0.29) is 22.6 Å². The molecule has 1 atom stereocenters. The van der Waals surface area contributed by atoms with Gasteiger partial charge in [0.2, 0.25) is 0 Å². The zero-order valence-electron chi connectivity index (χ0n) is 15.0. The van der Waals surface area contributed by atoms with Gasteiger partial charge >= 0.3 is 5.51 Å². The van der Waals surface area contributed by atoms with Gasteiger partial charge in [-0.15, -0.1) is 0 Å². The van der Waals surface area contributed by atoms with Gasteiger partial charge in [-0.1, -0.05) is 18.2 Å². The van der Waals surface area contributed by atoms with Gasteiger partial charge in [0.1, 0.15) is 5.75 Å². The van der Waals surface area contributed by atoms with Gasteiger partial charge < -0.3 is 15.0 Å². The number of para-hydroxylation sites is 1. The Hall–Kier alpha value is -2.61. The van der Waals surface area contributed by atoms with Crippen molar-refractivity contribution >= 4 is 28.6 Å². The maximum Gasteiger partial charge on any atom is 0.446 e. The minimum absolute atomic E-state index is 0.0654. The number of carbonyl (C=O) groups excluding carboxylic acids is 1. The molecule has 0 fully saturated rings. The summed E-state index contributed by atoms with van der Waals surface area (Å²) in [6, 6.07) is 13.4. The number of aromatic amines is 1. The van der Waals surface area contributed by atoms with Crippen LogP contribution >= 0.6 is 11.8 Å². The zero-order chi connectivity index (χ0) is 20.1. The van der Waals surface area contributed by atoms with Crippen molar-refractivity contribution in [2.45, 2.75) is 29.9 Å². The van der Waals surface area contributed by atoms with E-state index >= 15 is 0 Å². The molecule has 3 aromatic rings. The summed E-state index contributed by atoms with van der Waals surface area (Å²) in [5, 5.41) is 3.94. The summed E-state index contributed by atoms with van der Waals surface area (Å²) in [7, 11) is 0. The number of thioether (sulfide) groups is 1. The number of hydrogen-bond acceptors (Lipinski definition) is 3. The van der Waals surface area contributed by atoms with E-state index in [0.717, 1.165) is 16.5 Å². The van der Waals surface area contributed by atoms with E-state index in [1.807, 2.05) is 30.5 Å². The highest BCUT2D eigenvalue weighted by Crippen LogP contribution is 2.37. The lowest BCUT2D eigenvalue weighted by Crippen LogP contribution is -2.37. The van der Waals surface area contributed by atoms with Crippen molar-refractivity contribution in [1.82, 2.24) is 10.3 Å². The molecule has 0 aliphatic carbocycles. The Kier molecular flexibility index (Phi) is 6.18. The zero-order valence-corrected chi connectivity index (χ0v) is 15.9. The largest absolute Gasteiger partial charge is 0.481 e. The minimum Gasteiger partial charge on any atom is -0.481 e. The van der Waals surface area contributed by atoms with E-state index in [1.165, 1.54) is 24.3 Å². The fourth-order valence-electron chi connectivity index (χ4n) is 2.78. The Morgan fingerprint density at radius 2 is 1.89 bits per heavy atom. The number of fused-ring (bicyclic) bond motifs is 1. The van der Waals surface area contributed by atoms with Crippen LogP contribution in [0.3, 0.4) is 0 Å². The lowest BCUT2D eigenvalue weighted by Gasteiger charge is -2.15. The Labute approximate surface area is 164 Å². The van der Waals surface area contributed by atoms with E-state index < -0.39 is 11.6 Å². The van der Waals surface area contributed by atoms with Crippen LogP contribution in [-0.4, -0.2) is 29.0 Å². The monoisotopic (exact) mass is 408 g/mol. The molecule has 1 heterocycles. The summed E-state index contributed by atoms with van der Waals surface area (Å²) >= 11 is -0.192. The molecule has 148 valence electrons. The van der Waals surface area contributed by atoms with Crippen LogP contribution < -0.4 is 10.1 Å². The molecule has 1 unspecified atom stereocenters. The second-order valence-electron chi connectivity index (χ2n) is 6.18. The molecule has 4 nitrogen and oxygen atoms in total. The van der Waals surface area contributed by atoms with Gasteiger partial charge in [-0.3, -0.25) is 4.79 Å². The van der Waals surface area contributed by atoms with Crippen LogP contribution in [0.15, 0.2) is 59.6 Å². The first-order valence-electron chi connectivity index (χ1n) is 8.67. The second-order valence-corrected chi connectivity index (χ2v) is 7.32. The molecule has 0 bridgehead atoms. The number of alkyl halides is 3. The van der Waals surface area contributed by atoms with Gasteiger partial charge in [0.05, 0.1) is 0 Å². The van der Waals surface area contributed by atoms with Crippen molar-refractivity contribution in [3.8, 4) is 5.75 Å². The number of ether oxygens (including phenoxy) is 1. The fourth-order valence-corrected chi connectivity index (χ4v) is 3.32. The van der Waals surface area contributed by atoms with E-state index in [1.54, 1.807) is 6.92 Å². The number of H-pyrrole nitrogens is 1. The molecule has 2 N–H and O–H groups in total. The first-order valence-corrected chi connectivity index (χ1v) is 9.48. The van der Waals surface area contributed by atoms with E-state index in [9.17, 15) is 18.0 Å².